The Kier molecular flexibility index (Phi) is 12.0. The van der Waals surface area contributed by atoms with Crippen LogP contribution >= 0.6 is 0 Å². The van der Waals surface area contributed by atoms with Crippen LogP contribution in [0, 0.1) is 20.2 Å². The number of non-ortho nitro benzene ring substituents is 2. The van der Waals surface area contributed by atoms with E-state index in [9.17, 15) is 55.8 Å². The molecule has 0 amide bonds. The zero-order chi connectivity index (χ0) is 28.4. The monoisotopic (exact) mass is 612 g/mol. The smallest absolute Gasteiger partial charge is 0.744 e. The van der Waals surface area contributed by atoms with E-state index in [0.29, 0.717) is 12.1 Å². The Morgan fingerprint density at radius 3 is 1.50 bits per heavy atom. The van der Waals surface area contributed by atoms with Crippen LogP contribution in [0.2, 0.25) is 0 Å². The van der Waals surface area contributed by atoms with Gasteiger partial charge in [-0.25, -0.2) is 16.8 Å². The van der Waals surface area contributed by atoms with E-state index >= 15 is 0 Å². The number of rotatable bonds is 8. The van der Waals surface area contributed by atoms with Crippen LogP contribution in [-0.2, 0) is 20.2 Å². The van der Waals surface area contributed by atoms with Gasteiger partial charge in [-0.1, -0.05) is 0 Å². The van der Waals surface area contributed by atoms with Gasteiger partial charge in [0.2, 0.25) is 10.9 Å². The third kappa shape index (κ3) is 8.30. The van der Waals surface area contributed by atoms with Crippen LogP contribution in [0.5, 0.6) is 0 Å². The van der Waals surface area contributed by atoms with Gasteiger partial charge in [0, 0.05) is 24.3 Å². The Morgan fingerprint density at radius 2 is 1.10 bits per heavy atom. The molecule has 40 heavy (non-hydrogen) atoms. The molecule has 18 nitrogen and oxygen atoms in total. The van der Waals surface area contributed by atoms with Crippen molar-refractivity contribution in [3.8, 4) is 0 Å². The number of nitro groups is 2. The second-order valence-corrected chi connectivity index (χ2v) is 9.69. The van der Waals surface area contributed by atoms with Gasteiger partial charge in [0.05, 0.1) is 31.0 Å². The van der Waals surface area contributed by atoms with Crippen LogP contribution in [0.25, 0.3) is 0 Å². The zero-order valence-electron chi connectivity index (χ0n) is 20.1. The van der Waals surface area contributed by atoms with Crippen molar-refractivity contribution in [1.29, 1.82) is 0 Å². The molecule has 0 radical (unpaired) electrons. The van der Waals surface area contributed by atoms with Crippen LogP contribution < -0.4 is 91.5 Å². The summed E-state index contributed by atoms with van der Waals surface area (Å²) in [5.41, 5.74) is -0.703. The largest absolute Gasteiger partial charge is 1.00 e. The molecule has 3 aromatic carbocycles. The normalized spacial score (nSPS) is 12.2. The first-order chi connectivity index (χ1) is 17.6. The van der Waals surface area contributed by atoms with Crippen LogP contribution in [0.4, 0.5) is 22.7 Å². The van der Waals surface area contributed by atoms with E-state index in [4.69, 9.17) is 0 Å². The van der Waals surface area contributed by atoms with Gasteiger partial charge in [-0.2, -0.15) is 10.2 Å². The van der Waals surface area contributed by atoms with Crippen molar-refractivity contribution >= 4 is 43.0 Å². The minimum absolute atomic E-state index is 0. The number of anilines is 2. The zero-order valence-corrected chi connectivity index (χ0v) is 25.8. The molecule has 0 spiro atoms. The van der Waals surface area contributed by atoms with Crippen molar-refractivity contribution in [2.45, 2.75) is 9.79 Å². The second-order valence-electron chi connectivity index (χ2n) is 6.99. The molecular formula is C18H10N6Na2O12S2. The van der Waals surface area contributed by atoms with E-state index in [-0.39, 0.29) is 59.1 Å². The Labute approximate surface area is 266 Å². The van der Waals surface area contributed by atoms with E-state index in [1.54, 1.807) is 0 Å². The molecule has 0 fully saturated rings. The first-order valence-electron chi connectivity index (χ1n) is 9.53. The number of hydrogen-bond donors (Lipinski definition) is 2. The van der Waals surface area contributed by atoms with Crippen LogP contribution in [-0.4, -0.2) is 35.8 Å². The quantitative estimate of drug-likeness (QED) is 0.103. The Bertz CT molecular complexity index is 1940. The van der Waals surface area contributed by atoms with Gasteiger partial charge in [0.15, 0.2) is 5.36 Å². The predicted octanol–water partition coefficient (Wildman–Crippen LogP) is -7.23. The number of nitro benzene ring substituents is 2. The molecule has 0 heterocycles. The Hall–Kier alpha value is -2.92. The van der Waals surface area contributed by atoms with Crippen LogP contribution in [0.15, 0.2) is 78.1 Å². The molecule has 0 aliphatic heterocycles. The van der Waals surface area contributed by atoms with Crippen molar-refractivity contribution in [1.82, 2.24) is 0 Å². The molecule has 3 aromatic rings. The van der Waals surface area contributed by atoms with E-state index in [1.807, 2.05) is 5.43 Å². The number of hydrogen-bond acceptors (Lipinski definition) is 16. The minimum Gasteiger partial charge on any atom is -0.744 e. The van der Waals surface area contributed by atoms with Crippen molar-refractivity contribution in [3.05, 3.63) is 99.9 Å². The fraction of sp³-hybridized carbons (Fsp3) is 0. The summed E-state index contributed by atoms with van der Waals surface area (Å²) < 4.78 is 69.0. The fourth-order valence-electron chi connectivity index (χ4n) is 2.82. The number of benzene rings is 3. The standard InChI is InChI=1S/C18H12N6O12S2.2Na/c25-14-6-5-13(21-19-11-3-1-9(23(27)28)7-15(11)37(31,32)33)18(26)17(14)22-20-12-4-2-10(24(29)30)8-16(12)38(34,35)36;;/h1-8,19-20H,(H,31,32,33)(H,34,35,36);;/q;2*+1/p-2/b21-13+,22-17?;;. The summed E-state index contributed by atoms with van der Waals surface area (Å²) in [4.78, 5) is 42.5. The molecule has 2 N–H and O–H groups in total. The third-order valence-corrected chi connectivity index (χ3v) is 6.30. The van der Waals surface area contributed by atoms with Gasteiger partial charge < -0.3 is 9.11 Å². The third-order valence-electron chi connectivity index (χ3n) is 4.55. The summed E-state index contributed by atoms with van der Waals surface area (Å²) >= 11 is 0. The van der Waals surface area contributed by atoms with Gasteiger partial charge in [-0.05, 0) is 24.3 Å². The van der Waals surface area contributed by atoms with Crippen LogP contribution in [0.3, 0.4) is 0 Å². The molecule has 0 aliphatic carbocycles. The van der Waals surface area contributed by atoms with E-state index in [0.717, 1.165) is 36.4 Å². The van der Waals surface area contributed by atoms with Crippen LogP contribution in [0.1, 0.15) is 0 Å². The maximum Gasteiger partial charge on any atom is 1.00 e. The van der Waals surface area contributed by atoms with Crippen molar-refractivity contribution in [2.24, 2.45) is 10.2 Å². The van der Waals surface area contributed by atoms with E-state index in [2.05, 4.69) is 15.6 Å². The number of nitrogens with zero attached hydrogens (tertiary/aromatic N) is 4. The SMILES string of the molecule is O=c1cc/c(=N\Nc2ccc([N+](=O)[O-])cc2S(=O)(=O)[O-])c(=O)c1=NNc1ccc([N+](=O)[O-])cc1S(=O)(=O)[O-].[Na+].[Na+]. The average molecular weight is 612 g/mol. The topological polar surface area (TPSA) is 284 Å². The van der Waals surface area contributed by atoms with Gasteiger partial charge in [-0.3, -0.25) is 40.7 Å². The van der Waals surface area contributed by atoms with Crippen molar-refractivity contribution in [2.75, 3.05) is 10.9 Å². The molecule has 3 rings (SSSR count). The molecule has 0 aromatic heterocycles. The van der Waals surface area contributed by atoms with Gasteiger partial charge in [0.25, 0.3) is 11.4 Å². The summed E-state index contributed by atoms with van der Waals surface area (Å²) in [6.07, 6.45) is 0. The predicted molar refractivity (Wildman–Crippen MR) is 122 cm³/mol. The molecule has 22 heteroatoms. The van der Waals surface area contributed by atoms with Gasteiger partial charge >= 0.3 is 59.1 Å². The fourth-order valence-corrected chi connectivity index (χ4v) is 4.12. The van der Waals surface area contributed by atoms with Gasteiger partial charge in [0.1, 0.15) is 25.6 Å². The maximum absolute atomic E-state index is 12.7. The first-order valence-corrected chi connectivity index (χ1v) is 12.3. The first kappa shape index (κ1) is 35.1. The van der Waals surface area contributed by atoms with E-state index in [1.165, 1.54) is 0 Å². The Balaban J connectivity index is 0.00000400. The maximum atomic E-state index is 12.7. The molecule has 198 valence electrons. The Morgan fingerprint density at radius 1 is 0.675 bits per heavy atom. The molecular weight excluding hydrogens is 602 g/mol. The van der Waals surface area contributed by atoms with E-state index < -0.39 is 84.2 Å². The van der Waals surface area contributed by atoms with Crippen molar-refractivity contribution in [3.63, 3.8) is 0 Å². The number of nitrogens with one attached hydrogen (secondary N) is 2. The van der Waals surface area contributed by atoms with Crippen molar-refractivity contribution < 1.29 is 94.9 Å². The summed E-state index contributed by atoms with van der Waals surface area (Å²) in [5, 5.41) is 27.3. The summed E-state index contributed by atoms with van der Waals surface area (Å²) in [5.74, 6) is 0. The second kappa shape index (κ2) is 13.6. The van der Waals surface area contributed by atoms with Gasteiger partial charge in [-0.15, -0.1) is 0 Å². The summed E-state index contributed by atoms with van der Waals surface area (Å²) in [6, 6.07) is 5.90. The molecule has 0 bridgehead atoms. The summed E-state index contributed by atoms with van der Waals surface area (Å²) in [7, 11) is -10.5. The molecule has 0 unspecified atom stereocenters. The molecule has 0 atom stereocenters. The molecule has 0 saturated carbocycles. The molecule has 0 aliphatic rings. The average Bonchev–Trinajstić information content (AvgIpc) is 2.82. The summed E-state index contributed by atoms with van der Waals surface area (Å²) in [6.45, 7) is 0. The molecule has 0 saturated heterocycles. The minimum atomic E-state index is -5.26.